The highest BCUT2D eigenvalue weighted by molar-refractivity contribution is 5.37. The molecule has 0 aromatic heterocycles. The molecule has 4 heteroatoms. The van der Waals surface area contributed by atoms with Crippen molar-refractivity contribution >= 4 is 0 Å². The number of para-hydroxylation sites is 1. The zero-order valence-corrected chi connectivity index (χ0v) is 8.57. The van der Waals surface area contributed by atoms with Gasteiger partial charge in [-0.05, 0) is 13.0 Å². The van der Waals surface area contributed by atoms with Crippen molar-refractivity contribution in [1.29, 1.82) is 0 Å². The lowest BCUT2D eigenvalue weighted by Gasteiger charge is -2.28. The molecule has 0 saturated carbocycles. The van der Waals surface area contributed by atoms with E-state index in [4.69, 9.17) is 15.2 Å². The molecule has 2 N–H and O–H groups in total. The summed E-state index contributed by atoms with van der Waals surface area (Å²) in [5.74, 6) is -0.0995. The van der Waals surface area contributed by atoms with E-state index in [1.165, 1.54) is 6.07 Å². The van der Waals surface area contributed by atoms with E-state index in [1.807, 2.05) is 0 Å². The summed E-state index contributed by atoms with van der Waals surface area (Å²) in [7, 11) is 0. The SMILES string of the molecule is C[C@@H](N)c1cccc(F)c1OC1COC1. The number of nitrogens with two attached hydrogens (primary N) is 1. The summed E-state index contributed by atoms with van der Waals surface area (Å²) in [6, 6.07) is 4.55. The lowest BCUT2D eigenvalue weighted by molar-refractivity contribution is -0.0813. The van der Waals surface area contributed by atoms with Crippen molar-refractivity contribution in [3.63, 3.8) is 0 Å². The van der Waals surface area contributed by atoms with Crippen molar-refractivity contribution in [3.05, 3.63) is 29.6 Å². The fourth-order valence-corrected chi connectivity index (χ4v) is 1.46. The van der Waals surface area contributed by atoms with Gasteiger partial charge in [0.2, 0.25) is 0 Å². The van der Waals surface area contributed by atoms with Crippen LogP contribution >= 0.6 is 0 Å². The largest absolute Gasteiger partial charge is 0.482 e. The number of halogens is 1. The number of ether oxygens (including phenoxy) is 2. The molecule has 0 bridgehead atoms. The Balaban J connectivity index is 2.25. The molecule has 1 saturated heterocycles. The van der Waals surface area contributed by atoms with Gasteiger partial charge in [0.1, 0.15) is 6.10 Å². The minimum absolute atomic E-state index is 0.0422. The molecule has 0 amide bonds. The van der Waals surface area contributed by atoms with Crippen LogP contribution < -0.4 is 10.5 Å². The number of benzene rings is 1. The number of hydrogen-bond acceptors (Lipinski definition) is 3. The van der Waals surface area contributed by atoms with E-state index in [1.54, 1.807) is 19.1 Å². The first-order valence-corrected chi connectivity index (χ1v) is 4.97. The molecule has 15 heavy (non-hydrogen) atoms. The van der Waals surface area contributed by atoms with Gasteiger partial charge in [0.25, 0.3) is 0 Å². The average Bonchev–Trinajstić information content (AvgIpc) is 2.12. The highest BCUT2D eigenvalue weighted by Crippen LogP contribution is 2.28. The van der Waals surface area contributed by atoms with Gasteiger partial charge < -0.3 is 15.2 Å². The Hall–Kier alpha value is -1.13. The van der Waals surface area contributed by atoms with Crippen LogP contribution in [0.2, 0.25) is 0 Å². The number of rotatable bonds is 3. The summed E-state index contributed by atoms with van der Waals surface area (Å²) >= 11 is 0. The van der Waals surface area contributed by atoms with Crippen LogP contribution in [0.15, 0.2) is 18.2 Å². The molecule has 1 fully saturated rings. The second kappa shape index (κ2) is 4.16. The fraction of sp³-hybridized carbons (Fsp3) is 0.455. The molecular formula is C11H14FNO2. The van der Waals surface area contributed by atoms with Gasteiger partial charge in [-0.2, -0.15) is 0 Å². The maximum absolute atomic E-state index is 13.5. The normalized spacial score (nSPS) is 18.3. The van der Waals surface area contributed by atoms with Gasteiger partial charge in [-0.1, -0.05) is 12.1 Å². The summed E-state index contributed by atoms with van der Waals surface area (Å²) in [5.41, 5.74) is 6.44. The predicted octanol–water partition coefficient (Wildman–Crippen LogP) is 1.62. The van der Waals surface area contributed by atoms with Gasteiger partial charge in [0.05, 0.1) is 13.2 Å². The van der Waals surface area contributed by atoms with Gasteiger partial charge in [-0.25, -0.2) is 4.39 Å². The maximum atomic E-state index is 13.5. The zero-order chi connectivity index (χ0) is 10.8. The Morgan fingerprint density at radius 1 is 1.53 bits per heavy atom. The average molecular weight is 211 g/mol. The minimum Gasteiger partial charge on any atom is -0.482 e. The van der Waals surface area contributed by atoms with Crippen LogP contribution in [0.3, 0.4) is 0 Å². The Kier molecular flexibility index (Phi) is 2.88. The molecule has 1 aromatic carbocycles. The first-order valence-electron chi connectivity index (χ1n) is 4.97. The van der Waals surface area contributed by atoms with Gasteiger partial charge in [0.15, 0.2) is 11.6 Å². The molecule has 2 rings (SSSR count). The van der Waals surface area contributed by atoms with E-state index in [0.29, 0.717) is 18.8 Å². The first kappa shape index (κ1) is 10.4. The van der Waals surface area contributed by atoms with E-state index < -0.39 is 0 Å². The van der Waals surface area contributed by atoms with Crippen LogP contribution in [0, 0.1) is 5.82 Å². The quantitative estimate of drug-likeness (QED) is 0.826. The molecule has 1 aliphatic heterocycles. The molecular weight excluding hydrogens is 197 g/mol. The third-order valence-corrected chi connectivity index (χ3v) is 2.38. The van der Waals surface area contributed by atoms with Crippen molar-refractivity contribution in [2.45, 2.75) is 19.1 Å². The van der Waals surface area contributed by atoms with Crippen LogP contribution in [0.5, 0.6) is 5.75 Å². The zero-order valence-electron chi connectivity index (χ0n) is 8.57. The van der Waals surface area contributed by atoms with Crippen molar-refractivity contribution in [2.75, 3.05) is 13.2 Å². The highest BCUT2D eigenvalue weighted by atomic mass is 19.1. The Labute approximate surface area is 88.0 Å². The predicted molar refractivity (Wildman–Crippen MR) is 54.2 cm³/mol. The minimum atomic E-state index is -0.364. The van der Waals surface area contributed by atoms with Crippen molar-refractivity contribution in [2.24, 2.45) is 5.73 Å². The lowest BCUT2D eigenvalue weighted by Crippen LogP contribution is -2.39. The molecule has 1 atom stereocenters. The fourth-order valence-electron chi connectivity index (χ4n) is 1.46. The second-order valence-electron chi connectivity index (χ2n) is 3.72. The molecule has 3 nitrogen and oxygen atoms in total. The Morgan fingerprint density at radius 2 is 2.27 bits per heavy atom. The second-order valence-corrected chi connectivity index (χ2v) is 3.72. The third kappa shape index (κ3) is 2.11. The summed E-state index contributed by atoms with van der Waals surface area (Å²) in [4.78, 5) is 0. The first-order chi connectivity index (χ1) is 7.18. The van der Waals surface area contributed by atoms with Crippen LogP contribution in [-0.2, 0) is 4.74 Å². The monoisotopic (exact) mass is 211 g/mol. The molecule has 1 aromatic rings. The summed E-state index contributed by atoms with van der Waals surface area (Å²) in [5, 5.41) is 0. The Bertz CT molecular complexity index is 350. The van der Waals surface area contributed by atoms with Crippen LogP contribution in [-0.4, -0.2) is 19.3 Å². The lowest BCUT2D eigenvalue weighted by atomic mass is 10.1. The molecule has 1 heterocycles. The van der Waals surface area contributed by atoms with E-state index in [0.717, 1.165) is 0 Å². The van der Waals surface area contributed by atoms with Gasteiger partial charge >= 0.3 is 0 Å². The molecule has 0 aliphatic carbocycles. The molecule has 0 spiro atoms. The highest BCUT2D eigenvalue weighted by Gasteiger charge is 2.23. The molecule has 1 aliphatic rings. The maximum Gasteiger partial charge on any atom is 0.165 e. The van der Waals surface area contributed by atoms with E-state index in [9.17, 15) is 4.39 Å². The molecule has 0 radical (unpaired) electrons. The summed E-state index contributed by atoms with van der Waals surface area (Å²) in [6.45, 7) is 2.85. The molecule has 82 valence electrons. The van der Waals surface area contributed by atoms with Gasteiger partial charge in [-0.15, -0.1) is 0 Å². The smallest absolute Gasteiger partial charge is 0.165 e. The van der Waals surface area contributed by atoms with Crippen molar-refractivity contribution in [3.8, 4) is 5.75 Å². The van der Waals surface area contributed by atoms with Crippen LogP contribution in [0.25, 0.3) is 0 Å². The van der Waals surface area contributed by atoms with Crippen LogP contribution in [0.4, 0.5) is 4.39 Å². The van der Waals surface area contributed by atoms with Crippen molar-refractivity contribution in [1.82, 2.24) is 0 Å². The topological polar surface area (TPSA) is 44.5 Å². The third-order valence-electron chi connectivity index (χ3n) is 2.38. The van der Waals surface area contributed by atoms with E-state index >= 15 is 0 Å². The standard InChI is InChI=1S/C11H14FNO2/c1-7(13)9-3-2-4-10(12)11(9)15-8-5-14-6-8/h2-4,7-8H,5-6,13H2,1H3/t7-/m1/s1. The molecule has 0 unspecified atom stereocenters. The van der Waals surface area contributed by atoms with E-state index in [2.05, 4.69) is 0 Å². The van der Waals surface area contributed by atoms with Gasteiger partial charge in [0, 0.05) is 11.6 Å². The Morgan fingerprint density at radius 3 is 2.80 bits per heavy atom. The van der Waals surface area contributed by atoms with Gasteiger partial charge in [-0.3, -0.25) is 0 Å². The number of hydrogen-bond donors (Lipinski definition) is 1. The summed E-state index contributed by atoms with van der Waals surface area (Å²) in [6.07, 6.45) is -0.0422. The van der Waals surface area contributed by atoms with E-state index in [-0.39, 0.29) is 23.7 Å². The van der Waals surface area contributed by atoms with Crippen LogP contribution in [0.1, 0.15) is 18.5 Å². The van der Waals surface area contributed by atoms with Crippen molar-refractivity contribution < 1.29 is 13.9 Å². The summed E-state index contributed by atoms with van der Waals surface area (Å²) < 4.78 is 24.0.